The highest BCUT2D eigenvalue weighted by molar-refractivity contribution is 5.82. The highest BCUT2D eigenvalue weighted by Gasteiger charge is 2.21. The van der Waals surface area contributed by atoms with E-state index >= 15 is 0 Å². The number of pyridine rings is 1. The highest BCUT2D eigenvalue weighted by Crippen LogP contribution is 2.26. The van der Waals surface area contributed by atoms with Crippen molar-refractivity contribution in [3.63, 3.8) is 0 Å². The summed E-state index contributed by atoms with van der Waals surface area (Å²) in [6.45, 7) is 3.11. The van der Waals surface area contributed by atoms with Crippen molar-refractivity contribution in [2.24, 2.45) is 0 Å². The Morgan fingerprint density at radius 3 is 3.25 bits per heavy atom. The molecule has 0 aliphatic carbocycles. The maximum Gasteiger partial charge on any atom is 0.219 e. The fraction of sp³-hybridized carbons (Fsp3) is 0.333. The summed E-state index contributed by atoms with van der Waals surface area (Å²) in [5, 5.41) is 1.20. The van der Waals surface area contributed by atoms with Crippen molar-refractivity contribution in [3.05, 3.63) is 29.6 Å². The standard InChI is InChI=1S/C12H13N3O/c1-8(16)15-6-4-9-10-3-2-5-13-12(10)14-11(9)7-15/h2-3,5H,4,6-7H2,1H3,(H,13,14). The predicted molar refractivity (Wildman–Crippen MR) is 60.9 cm³/mol. The molecule has 1 N–H and O–H groups in total. The molecule has 0 saturated carbocycles. The van der Waals surface area contributed by atoms with Gasteiger partial charge in [0.25, 0.3) is 0 Å². The quantitative estimate of drug-likeness (QED) is 0.723. The molecule has 3 heterocycles. The molecule has 0 bridgehead atoms. The van der Waals surface area contributed by atoms with Crippen molar-refractivity contribution in [1.29, 1.82) is 0 Å². The third-order valence-corrected chi connectivity index (χ3v) is 3.19. The van der Waals surface area contributed by atoms with Crippen molar-refractivity contribution >= 4 is 16.9 Å². The number of H-pyrrole nitrogens is 1. The molecular formula is C12H13N3O. The van der Waals surface area contributed by atoms with Gasteiger partial charge in [0.05, 0.1) is 6.54 Å². The van der Waals surface area contributed by atoms with Crippen molar-refractivity contribution in [2.75, 3.05) is 6.54 Å². The lowest BCUT2D eigenvalue weighted by molar-refractivity contribution is -0.129. The van der Waals surface area contributed by atoms with E-state index < -0.39 is 0 Å². The third-order valence-electron chi connectivity index (χ3n) is 3.19. The van der Waals surface area contributed by atoms with E-state index in [1.165, 1.54) is 10.9 Å². The van der Waals surface area contributed by atoms with E-state index in [1.54, 1.807) is 13.1 Å². The first-order chi connectivity index (χ1) is 7.75. The summed E-state index contributed by atoms with van der Waals surface area (Å²) in [5.41, 5.74) is 3.38. The molecule has 3 rings (SSSR count). The van der Waals surface area contributed by atoms with E-state index in [9.17, 15) is 4.79 Å². The molecule has 0 aromatic carbocycles. The molecule has 0 spiro atoms. The van der Waals surface area contributed by atoms with Crippen LogP contribution in [0.15, 0.2) is 18.3 Å². The number of amides is 1. The van der Waals surface area contributed by atoms with Gasteiger partial charge in [-0.25, -0.2) is 4.98 Å². The Kier molecular flexibility index (Phi) is 1.96. The minimum atomic E-state index is 0.136. The number of fused-ring (bicyclic) bond motifs is 3. The fourth-order valence-corrected chi connectivity index (χ4v) is 2.34. The lowest BCUT2D eigenvalue weighted by Gasteiger charge is -2.25. The maximum atomic E-state index is 11.3. The Morgan fingerprint density at radius 2 is 2.44 bits per heavy atom. The van der Waals surface area contributed by atoms with Crippen LogP contribution in [0.2, 0.25) is 0 Å². The van der Waals surface area contributed by atoms with Crippen LogP contribution in [0.5, 0.6) is 0 Å². The first-order valence-corrected chi connectivity index (χ1v) is 5.45. The minimum absolute atomic E-state index is 0.136. The van der Waals surface area contributed by atoms with Crippen LogP contribution >= 0.6 is 0 Å². The molecule has 0 fully saturated rings. The predicted octanol–water partition coefficient (Wildman–Crippen LogP) is 1.47. The number of aromatic nitrogens is 2. The van der Waals surface area contributed by atoms with Gasteiger partial charge < -0.3 is 9.88 Å². The molecule has 2 aromatic heterocycles. The second kappa shape index (κ2) is 3.33. The Hall–Kier alpha value is -1.84. The van der Waals surface area contributed by atoms with Gasteiger partial charge in [0.2, 0.25) is 5.91 Å². The van der Waals surface area contributed by atoms with Crippen LogP contribution in [0.1, 0.15) is 18.2 Å². The van der Waals surface area contributed by atoms with Gasteiger partial charge >= 0.3 is 0 Å². The van der Waals surface area contributed by atoms with Crippen LogP contribution in [-0.4, -0.2) is 27.3 Å². The average Bonchev–Trinajstić information content (AvgIpc) is 2.66. The Balaban J connectivity index is 2.09. The summed E-state index contributed by atoms with van der Waals surface area (Å²) in [6.07, 6.45) is 2.70. The van der Waals surface area contributed by atoms with Gasteiger partial charge in [-0.05, 0) is 24.1 Å². The van der Waals surface area contributed by atoms with E-state index in [0.29, 0.717) is 6.54 Å². The number of hydrogen-bond donors (Lipinski definition) is 1. The molecule has 4 heteroatoms. The summed E-state index contributed by atoms with van der Waals surface area (Å²) in [6, 6.07) is 4.04. The number of hydrogen-bond acceptors (Lipinski definition) is 2. The summed E-state index contributed by atoms with van der Waals surface area (Å²) in [5.74, 6) is 0.136. The van der Waals surface area contributed by atoms with E-state index in [1.807, 2.05) is 11.0 Å². The zero-order valence-electron chi connectivity index (χ0n) is 9.16. The maximum absolute atomic E-state index is 11.3. The largest absolute Gasteiger partial charge is 0.341 e. The number of carbonyl (C=O) groups excluding carboxylic acids is 1. The van der Waals surface area contributed by atoms with Gasteiger partial charge in [-0.2, -0.15) is 0 Å². The SMILES string of the molecule is CC(=O)N1CCc2c([nH]c3ncccc23)C1. The van der Waals surface area contributed by atoms with Crippen LogP contribution in [0.4, 0.5) is 0 Å². The molecule has 0 atom stereocenters. The van der Waals surface area contributed by atoms with Crippen molar-refractivity contribution in [3.8, 4) is 0 Å². The summed E-state index contributed by atoms with van der Waals surface area (Å²) >= 11 is 0. The normalized spacial score (nSPS) is 15.2. The van der Waals surface area contributed by atoms with Gasteiger partial charge in [-0.1, -0.05) is 0 Å². The fourth-order valence-electron chi connectivity index (χ4n) is 2.34. The molecule has 4 nitrogen and oxygen atoms in total. The molecule has 0 radical (unpaired) electrons. The Morgan fingerprint density at radius 1 is 1.56 bits per heavy atom. The average molecular weight is 215 g/mol. The Bertz CT molecular complexity index is 558. The molecule has 1 amide bonds. The lowest BCUT2D eigenvalue weighted by atomic mass is 10.0. The van der Waals surface area contributed by atoms with Crippen LogP contribution in [-0.2, 0) is 17.8 Å². The topological polar surface area (TPSA) is 49.0 Å². The smallest absolute Gasteiger partial charge is 0.219 e. The Labute approximate surface area is 93.3 Å². The molecule has 16 heavy (non-hydrogen) atoms. The number of nitrogens with zero attached hydrogens (tertiary/aromatic N) is 2. The number of aromatic amines is 1. The third kappa shape index (κ3) is 1.30. The number of nitrogens with one attached hydrogen (secondary N) is 1. The minimum Gasteiger partial charge on any atom is -0.341 e. The first-order valence-electron chi connectivity index (χ1n) is 5.45. The molecule has 1 aliphatic rings. The zero-order valence-corrected chi connectivity index (χ0v) is 9.16. The van der Waals surface area contributed by atoms with Crippen molar-refractivity contribution < 1.29 is 4.79 Å². The van der Waals surface area contributed by atoms with E-state index in [4.69, 9.17) is 0 Å². The van der Waals surface area contributed by atoms with Gasteiger partial charge in [0, 0.05) is 30.7 Å². The van der Waals surface area contributed by atoms with Gasteiger partial charge in [-0.3, -0.25) is 4.79 Å². The second-order valence-corrected chi connectivity index (χ2v) is 4.17. The highest BCUT2D eigenvalue weighted by atomic mass is 16.2. The summed E-state index contributed by atoms with van der Waals surface area (Å²) in [4.78, 5) is 20.8. The van der Waals surface area contributed by atoms with Crippen molar-refractivity contribution in [1.82, 2.24) is 14.9 Å². The van der Waals surface area contributed by atoms with Gasteiger partial charge in [0.1, 0.15) is 5.65 Å². The van der Waals surface area contributed by atoms with Crippen LogP contribution in [0, 0.1) is 0 Å². The van der Waals surface area contributed by atoms with E-state index in [0.717, 1.165) is 24.3 Å². The molecule has 1 aliphatic heterocycles. The van der Waals surface area contributed by atoms with Crippen LogP contribution in [0.3, 0.4) is 0 Å². The van der Waals surface area contributed by atoms with Gasteiger partial charge in [-0.15, -0.1) is 0 Å². The van der Waals surface area contributed by atoms with Crippen LogP contribution in [0.25, 0.3) is 11.0 Å². The second-order valence-electron chi connectivity index (χ2n) is 4.17. The lowest BCUT2D eigenvalue weighted by Crippen LogP contribution is -2.34. The number of rotatable bonds is 0. The van der Waals surface area contributed by atoms with Crippen LogP contribution < -0.4 is 0 Å². The first kappa shape index (κ1) is 9.39. The molecule has 82 valence electrons. The number of carbonyl (C=O) groups is 1. The summed E-state index contributed by atoms with van der Waals surface area (Å²) in [7, 11) is 0. The molecule has 2 aromatic rings. The monoisotopic (exact) mass is 215 g/mol. The zero-order chi connectivity index (χ0) is 11.1. The van der Waals surface area contributed by atoms with Crippen molar-refractivity contribution in [2.45, 2.75) is 19.9 Å². The molecular weight excluding hydrogens is 202 g/mol. The summed E-state index contributed by atoms with van der Waals surface area (Å²) < 4.78 is 0. The van der Waals surface area contributed by atoms with Gasteiger partial charge in [0.15, 0.2) is 0 Å². The molecule has 0 unspecified atom stereocenters. The molecule has 0 saturated heterocycles. The van der Waals surface area contributed by atoms with E-state index in [-0.39, 0.29) is 5.91 Å². The van der Waals surface area contributed by atoms with E-state index in [2.05, 4.69) is 16.0 Å².